The Morgan fingerprint density at radius 3 is 0.848 bits per heavy atom. The zero-order valence-electron chi connectivity index (χ0n) is 34.1. The molecule has 0 saturated heterocycles. The van der Waals surface area contributed by atoms with Gasteiger partial charge in [-0.2, -0.15) is 0 Å². The van der Waals surface area contributed by atoms with E-state index in [1.807, 2.05) is 97.1 Å². The minimum Gasteiger partial charge on any atom is -0.507 e. The van der Waals surface area contributed by atoms with Gasteiger partial charge in [0.2, 0.25) is 0 Å². The zero-order valence-corrected chi connectivity index (χ0v) is 34.1. The van der Waals surface area contributed by atoms with E-state index in [4.69, 9.17) is 0 Å². The van der Waals surface area contributed by atoms with Crippen LogP contribution in [-0.4, -0.2) is 43.9 Å². The predicted octanol–water partition coefficient (Wildman–Crippen LogP) is 13.4. The molecule has 0 aliphatic heterocycles. The second kappa shape index (κ2) is 11.5. The van der Waals surface area contributed by atoms with E-state index in [1.54, 1.807) is 24.3 Å². The highest BCUT2D eigenvalue weighted by Crippen LogP contribution is 2.53. The maximum atomic E-state index is 15.2. The van der Waals surface area contributed by atoms with Gasteiger partial charge in [-0.05, 0) is 144 Å². The molecule has 0 amide bonds. The molecule has 0 atom stereocenters. The van der Waals surface area contributed by atoms with Gasteiger partial charge >= 0.3 is 11.9 Å². The molecule has 0 heterocycles. The molecule has 15 aromatic rings. The molecule has 0 aromatic heterocycles. The van der Waals surface area contributed by atoms with Crippen LogP contribution in [0.25, 0.3) is 129 Å². The number of benzene rings is 15. The van der Waals surface area contributed by atoms with Gasteiger partial charge in [-0.25, -0.2) is 9.59 Å². The van der Waals surface area contributed by atoms with E-state index in [0.29, 0.717) is 21.5 Å². The Bertz CT molecular complexity index is 4410. The maximum Gasteiger partial charge on any atom is 0.336 e. The summed E-state index contributed by atoms with van der Waals surface area (Å²) in [6.45, 7) is 0. The van der Waals surface area contributed by atoms with Crippen molar-refractivity contribution >= 4 is 153 Å². The third-order valence-corrected chi connectivity index (χ3v) is 14.8. The fraction of sp³-hybridized carbons (Fsp3) is 0. The summed E-state index contributed by atoms with van der Waals surface area (Å²) in [4.78, 5) is 57.0. The van der Waals surface area contributed by atoms with Crippen LogP contribution in [0.3, 0.4) is 0 Å². The summed E-state index contributed by atoms with van der Waals surface area (Å²) in [6, 6.07) is 40.0. The average molecular weight is 851 g/mol. The number of carbonyl (C=O) groups excluding carboxylic acids is 2. The van der Waals surface area contributed by atoms with Gasteiger partial charge in [0.25, 0.3) is 0 Å². The number of phenolic OH excluding ortho intramolecular Hbond substituents is 2. The van der Waals surface area contributed by atoms with Gasteiger partial charge in [-0.15, -0.1) is 0 Å². The molecule has 15 rings (SSSR count). The topological polar surface area (TPSA) is 149 Å². The number of aromatic carboxylic acids is 2. The maximum absolute atomic E-state index is 15.2. The van der Waals surface area contributed by atoms with Crippen molar-refractivity contribution in [3.8, 4) is 11.5 Å². The van der Waals surface area contributed by atoms with Crippen molar-refractivity contribution in [3.05, 3.63) is 167 Å². The van der Waals surface area contributed by atoms with Crippen LogP contribution in [-0.2, 0) is 0 Å². The van der Waals surface area contributed by atoms with Crippen LogP contribution in [0.5, 0.6) is 11.5 Å². The Kier molecular flexibility index (Phi) is 6.16. The van der Waals surface area contributed by atoms with Gasteiger partial charge in [-0.1, -0.05) is 97.1 Å². The van der Waals surface area contributed by atoms with Crippen molar-refractivity contribution in [1.82, 2.24) is 0 Å². The van der Waals surface area contributed by atoms with Crippen LogP contribution in [0.15, 0.2) is 133 Å². The first-order chi connectivity index (χ1) is 32.0. The standard InChI is InChI=1S/C58H26O8/c59-41-19-29-7-3-23-9-13-31-35(17-27-5-1-25-11-15-33(41)53-45(25)47(27)51(31)43(23)49(29)53)55(61)37-21-40(58(65)66)38(22-39(37)57(63)64)56(62)36-18-28-6-2-26-12-16-34-42(60)20-30-8-4-24-10-14-32(36)52-44(24)50(30)54(34)46(26)48(28)52/h1-22,59-60H,(H,63,64)(H,65,66). The minimum absolute atomic E-state index is 0.167. The molecule has 0 fully saturated rings. The molecule has 66 heavy (non-hydrogen) atoms. The summed E-state index contributed by atoms with van der Waals surface area (Å²) in [6.07, 6.45) is 0. The van der Waals surface area contributed by atoms with E-state index in [2.05, 4.69) is 0 Å². The predicted molar refractivity (Wildman–Crippen MR) is 261 cm³/mol. The number of carboxylic acids is 2. The molecule has 0 spiro atoms. The molecule has 0 bridgehead atoms. The largest absolute Gasteiger partial charge is 0.507 e. The molecule has 8 heteroatoms. The Morgan fingerprint density at radius 2 is 0.515 bits per heavy atom. The Labute approximate surface area is 369 Å². The van der Waals surface area contributed by atoms with Gasteiger partial charge in [0.1, 0.15) is 11.5 Å². The lowest BCUT2D eigenvalue weighted by Crippen LogP contribution is -2.17. The first kappa shape index (κ1) is 35.3. The molecule has 8 nitrogen and oxygen atoms in total. The van der Waals surface area contributed by atoms with E-state index < -0.39 is 34.6 Å². The second-order valence-electron chi connectivity index (χ2n) is 17.9. The average Bonchev–Trinajstić information content (AvgIpc) is 3.33. The second-order valence-corrected chi connectivity index (χ2v) is 17.9. The number of ketones is 2. The lowest BCUT2D eigenvalue weighted by Gasteiger charge is -2.22. The molecule has 0 aliphatic carbocycles. The first-order valence-corrected chi connectivity index (χ1v) is 21.5. The Balaban J connectivity index is 0.972. The van der Waals surface area contributed by atoms with Crippen molar-refractivity contribution in [2.45, 2.75) is 0 Å². The van der Waals surface area contributed by atoms with Gasteiger partial charge in [-0.3, -0.25) is 9.59 Å². The lowest BCUT2D eigenvalue weighted by atomic mass is 9.80. The summed E-state index contributed by atoms with van der Waals surface area (Å²) in [5.41, 5.74) is -1.35. The van der Waals surface area contributed by atoms with E-state index in [9.17, 15) is 30.0 Å². The molecule has 4 N–H and O–H groups in total. The number of carbonyl (C=O) groups is 4. The number of hydrogen-bond acceptors (Lipinski definition) is 6. The van der Waals surface area contributed by atoms with Crippen molar-refractivity contribution in [2.24, 2.45) is 0 Å². The molecule has 306 valence electrons. The Hall–Kier alpha value is -9.14. The SMILES string of the molecule is O=C(O)c1cc(C(=O)c2cc3ccc4ccc5c(O)cc6ccc7ccc2c2c7c6c5c4c32)c(C(=O)O)cc1C(=O)c1cc2ccc3ccc4c(O)cc5ccc6ccc1c1c6c5c4c3c21. The highest BCUT2D eigenvalue weighted by molar-refractivity contribution is 6.48. The molecule has 0 unspecified atom stereocenters. The van der Waals surface area contributed by atoms with E-state index >= 15 is 9.59 Å². The van der Waals surface area contributed by atoms with Gasteiger partial charge in [0.15, 0.2) is 11.6 Å². The summed E-state index contributed by atoms with van der Waals surface area (Å²) >= 11 is 0. The van der Waals surface area contributed by atoms with Gasteiger partial charge in [0, 0.05) is 43.8 Å². The number of aromatic hydroxyl groups is 2. The normalized spacial score (nSPS) is 12.7. The summed E-state index contributed by atoms with van der Waals surface area (Å²) in [5, 5.41) is 64.3. The van der Waals surface area contributed by atoms with Crippen LogP contribution < -0.4 is 0 Å². The molecule has 0 saturated carbocycles. The number of carboxylic acid groups (broad SMARTS) is 2. The summed E-state index contributed by atoms with van der Waals surface area (Å²) in [5.74, 6) is -4.05. The van der Waals surface area contributed by atoms with Gasteiger partial charge in [0.05, 0.1) is 11.1 Å². The zero-order chi connectivity index (χ0) is 44.3. The smallest absolute Gasteiger partial charge is 0.336 e. The molecular formula is C58H26O8. The van der Waals surface area contributed by atoms with E-state index in [1.165, 1.54) is 0 Å². The summed E-state index contributed by atoms with van der Waals surface area (Å²) < 4.78 is 0. The highest BCUT2D eigenvalue weighted by atomic mass is 16.4. The van der Waals surface area contributed by atoms with Crippen molar-refractivity contribution in [1.29, 1.82) is 0 Å². The van der Waals surface area contributed by atoms with Crippen LogP contribution in [0.2, 0.25) is 0 Å². The lowest BCUT2D eigenvalue weighted by molar-refractivity contribution is 0.0677. The van der Waals surface area contributed by atoms with E-state index in [0.717, 1.165) is 120 Å². The Morgan fingerprint density at radius 1 is 0.258 bits per heavy atom. The number of rotatable bonds is 6. The fourth-order valence-corrected chi connectivity index (χ4v) is 12.1. The minimum atomic E-state index is -1.49. The van der Waals surface area contributed by atoms with Crippen LogP contribution in [0.4, 0.5) is 0 Å². The molecular weight excluding hydrogens is 825 g/mol. The molecule has 0 aliphatic rings. The third kappa shape index (κ3) is 4.02. The number of hydrogen-bond donors (Lipinski definition) is 4. The van der Waals surface area contributed by atoms with Crippen molar-refractivity contribution in [2.75, 3.05) is 0 Å². The first-order valence-electron chi connectivity index (χ1n) is 21.5. The number of phenols is 2. The van der Waals surface area contributed by atoms with E-state index in [-0.39, 0.29) is 33.8 Å². The van der Waals surface area contributed by atoms with Crippen molar-refractivity contribution in [3.63, 3.8) is 0 Å². The highest BCUT2D eigenvalue weighted by Gasteiger charge is 2.32. The third-order valence-electron chi connectivity index (χ3n) is 14.8. The summed E-state index contributed by atoms with van der Waals surface area (Å²) in [7, 11) is 0. The fourth-order valence-electron chi connectivity index (χ4n) is 12.1. The van der Waals surface area contributed by atoms with Crippen molar-refractivity contribution < 1.29 is 39.6 Å². The molecule has 0 radical (unpaired) electrons. The van der Waals surface area contributed by atoms with Crippen LogP contribution >= 0.6 is 0 Å². The van der Waals surface area contributed by atoms with Gasteiger partial charge < -0.3 is 20.4 Å². The quantitative estimate of drug-likeness (QED) is 0.0734. The molecule has 15 aromatic carbocycles. The van der Waals surface area contributed by atoms with Crippen LogP contribution in [0, 0.1) is 0 Å². The monoisotopic (exact) mass is 850 g/mol. The van der Waals surface area contributed by atoms with Crippen LogP contribution in [0.1, 0.15) is 52.6 Å².